The molecule has 1 unspecified atom stereocenters. The molecule has 6 nitrogen and oxygen atoms in total. The summed E-state index contributed by atoms with van der Waals surface area (Å²) in [5, 5.41) is 11.7. The molecule has 6 heteroatoms. The summed E-state index contributed by atoms with van der Waals surface area (Å²) in [6.07, 6.45) is 9.97. The van der Waals surface area contributed by atoms with E-state index in [2.05, 4.69) is 17.1 Å². The van der Waals surface area contributed by atoms with E-state index in [-0.39, 0.29) is 12.5 Å². The Kier molecular flexibility index (Phi) is 12.1. The van der Waals surface area contributed by atoms with Gasteiger partial charge in [-0.1, -0.05) is 39.0 Å². The summed E-state index contributed by atoms with van der Waals surface area (Å²) in [5.41, 5.74) is 0. The molecule has 0 aromatic carbocycles. The minimum Gasteiger partial charge on any atom is -0.481 e. The van der Waals surface area contributed by atoms with Crippen LogP contribution in [0.15, 0.2) is 0 Å². The number of hydrogen-bond donors (Lipinski definition) is 2. The molecule has 1 aliphatic heterocycles. The molecule has 1 rings (SSSR count). The molecule has 1 saturated heterocycles. The van der Waals surface area contributed by atoms with E-state index in [0.29, 0.717) is 13.0 Å². The summed E-state index contributed by atoms with van der Waals surface area (Å²) in [7, 11) is 0. The summed E-state index contributed by atoms with van der Waals surface area (Å²) < 4.78 is 5.46. The Bertz CT molecular complexity index is 370. The maximum absolute atomic E-state index is 11.9. The van der Waals surface area contributed by atoms with Crippen LogP contribution in [0.3, 0.4) is 0 Å². The molecular formula is C19H36N2O4. The summed E-state index contributed by atoms with van der Waals surface area (Å²) in [5.74, 6) is -0.842. The largest absolute Gasteiger partial charge is 0.481 e. The van der Waals surface area contributed by atoms with Gasteiger partial charge in [0, 0.05) is 19.5 Å². The number of alkyl carbamates (subject to hydrolysis) is 1. The molecule has 146 valence electrons. The van der Waals surface area contributed by atoms with E-state index >= 15 is 0 Å². The van der Waals surface area contributed by atoms with E-state index in [4.69, 9.17) is 9.84 Å². The zero-order valence-electron chi connectivity index (χ0n) is 15.8. The molecule has 25 heavy (non-hydrogen) atoms. The number of carbonyl (C=O) groups is 2. The highest BCUT2D eigenvalue weighted by atomic mass is 16.6. The molecule has 1 atom stereocenters. The van der Waals surface area contributed by atoms with Gasteiger partial charge in [-0.3, -0.25) is 4.79 Å². The standard InChI is InChI=1S/C19H36N2O4/c1-2-3-4-5-6-7-10-17(11-12-18(22)23)25-19(24)20-13-16-21-14-8-9-15-21/h17H,2-16H2,1H3,(H,20,24)(H,22,23). The van der Waals surface area contributed by atoms with Crippen molar-refractivity contribution in [2.45, 2.75) is 83.7 Å². The average Bonchev–Trinajstić information content (AvgIpc) is 3.08. The number of carboxylic acid groups (broad SMARTS) is 1. The van der Waals surface area contributed by atoms with Crippen LogP contribution in [0.2, 0.25) is 0 Å². The van der Waals surface area contributed by atoms with Gasteiger partial charge < -0.3 is 20.1 Å². The lowest BCUT2D eigenvalue weighted by molar-refractivity contribution is -0.137. The first-order chi connectivity index (χ1) is 12.1. The van der Waals surface area contributed by atoms with Gasteiger partial charge >= 0.3 is 12.1 Å². The number of hydrogen-bond acceptors (Lipinski definition) is 4. The minimum absolute atomic E-state index is 0.0432. The highest BCUT2D eigenvalue weighted by Gasteiger charge is 2.16. The van der Waals surface area contributed by atoms with E-state index in [0.717, 1.165) is 38.9 Å². The number of amides is 1. The zero-order chi connectivity index (χ0) is 18.3. The lowest BCUT2D eigenvalue weighted by Gasteiger charge is -2.19. The summed E-state index contributed by atoms with van der Waals surface area (Å²) in [6.45, 7) is 5.85. The van der Waals surface area contributed by atoms with Crippen molar-refractivity contribution in [3.63, 3.8) is 0 Å². The van der Waals surface area contributed by atoms with E-state index in [9.17, 15) is 9.59 Å². The monoisotopic (exact) mass is 356 g/mol. The van der Waals surface area contributed by atoms with E-state index in [1.807, 2.05) is 0 Å². The second-order valence-corrected chi connectivity index (χ2v) is 6.99. The fourth-order valence-corrected chi connectivity index (χ4v) is 3.21. The minimum atomic E-state index is -0.842. The van der Waals surface area contributed by atoms with E-state index in [1.54, 1.807) is 0 Å². The van der Waals surface area contributed by atoms with Crippen LogP contribution in [-0.2, 0) is 9.53 Å². The Labute approximate surface area is 152 Å². The Hall–Kier alpha value is -1.30. The third-order valence-corrected chi connectivity index (χ3v) is 4.73. The third-order valence-electron chi connectivity index (χ3n) is 4.73. The molecule has 2 N–H and O–H groups in total. The number of nitrogens with zero attached hydrogens (tertiary/aromatic N) is 1. The molecule has 0 saturated carbocycles. The predicted octanol–water partition coefficient (Wildman–Crippen LogP) is 3.79. The maximum atomic E-state index is 11.9. The van der Waals surface area contributed by atoms with Crippen LogP contribution in [0.5, 0.6) is 0 Å². The molecule has 0 bridgehead atoms. The number of carbonyl (C=O) groups excluding carboxylic acids is 1. The lowest BCUT2D eigenvalue weighted by atomic mass is 10.0. The van der Waals surface area contributed by atoms with Crippen LogP contribution in [0.4, 0.5) is 4.79 Å². The maximum Gasteiger partial charge on any atom is 0.407 e. The molecule has 1 heterocycles. The van der Waals surface area contributed by atoms with Crippen LogP contribution in [0, 0.1) is 0 Å². The molecule has 0 aliphatic carbocycles. The first-order valence-corrected chi connectivity index (χ1v) is 10.0. The van der Waals surface area contributed by atoms with Crippen LogP contribution < -0.4 is 5.32 Å². The van der Waals surface area contributed by atoms with Crippen molar-refractivity contribution in [3.8, 4) is 0 Å². The smallest absolute Gasteiger partial charge is 0.407 e. The van der Waals surface area contributed by atoms with Crippen molar-refractivity contribution in [3.05, 3.63) is 0 Å². The van der Waals surface area contributed by atoms with Crippen molar-refractivity contribution in [2.24, 2.45) is 0 Å². The van der Waals surface area contributed by atoms with Gasteiger partial charge in [0.1, 0.15) is 6.10 Å². The third kappa shape index (κ3) is 11.8. The topological polar surface area (TPSA) is 78.9 Å². The molecule has 1 aliphatic rings. The van der Waals surface area contributed by atoms with Gasteiger partial charge in [0.15, 0.2) is 0 Å². The highest BCUT2D eigenvalue weighted by molar-refractivity contribution is 5.68. The number of carboxylic acids is 1. The predicted molar refractivity (Wildman–Crippen MR) is 98.8 cm³/mol. The van der Waals surface area contributed by atoms with Gasteiger partial charge in [0.25, 0.3) is 0 Å². The number of nitrogens with one attached hydrogen (secondary N) is 1. The van der Waals surface area contributed by atoms with Crippen molar-refractivity contribution in [2.75, 3.05) is 26.2 Å². The summed E-state index contributed by atoms with van der Waals surface area (Å²) >= 11 is 0. The van der Waals surface area contributed by atoms with Gasteiger partial charge in [-0.2, -0.15) is 0 Å². The number of ether oxygens (including phenoxy) is 1. The van der Waals surface area contributed by atoms with Crippen LogP contribution >= 0.6 is 0 Å². The molecule has 1 fully saturated rings. The van der Waals surface area contributed by atoms with Crippen LogP contribution in [-0.4, -0.2) is 54.4 Å². The number of unbranched alkanes of at least 4 members (excludes halogenated alkanes) is 5. The van der Waals surface area contributed by atoms with E-state index in [1.165, 1.54) is 38.5 Å². The molecule has 0 aromatic heterocycles. The van der Waals surface area contributed by atoms with Gasteiger partial charge in [-0.05, 0) is 45.2 Å². The molecule has 1 amide bonds. The average molecular weight is 357 g/mol. The zero-order valence-corrected chi connectivity index (χ0v) is 15.8. The van der Waals surface area contributed by atoms with Crippen molar-refractivity contribution >= 4 is 12.1 Å². The molecular weight excluding hydrogens is 320 g/mol. The lowest BCUT2D eigenvalue weighted by Crippen LogP contribution is -2.35. The fourth-order valence-electron chi connectivity index (χ4n) is 3.21. The van der Waals surface area contributed by atoms with Crippen molar-refractivity contribution in [1.82, 2.24) is 10.2 Å². The molecule has 0 radical (unpaired) electrons. The molecule has 0 aromatic rings. The first kappa shape index (κ1) is 21.7. The summed E-state index contributed by atoms with van der Waals surface area (Å²) in [4.78, 5) is 25.1. The van der Waals surface area contributed by atoms with Gasteiger partial charge in [0.05, 0.1) is 0 Å². The second-order valence-electron chi connectivity index (χ2n) is 6.99. The Balaban J connectivity index is 2.20. The Morgan fingerprint density at radius 2 is 1.76 bits per heavy atom. The summed E-state index contributed by atoms with van der Waals surface area (Å²) in [6, 6.07) is 0. The molecule has 0 spiro atoms. The second kappa shape index (κ2) is 13.9. The number of likely N-dealkylation sites (tertiary alicyclic amines) is 1. The quantitative estimate of drug-likeness (QED) is 0.463. The Morgan fingerprint density at radius 3 is 2.44 bits per heavy atom. The highest BCUT2D eigenvalue weighted by Crippen LogP contribution is 2.14. The first-order valence-electron chi connectivity index (χ1n) is 10.0. The fraction of sp³-hybridized carbons (Fsp3) is 0.895. The van der Waals surface area contributed by atoms with Gasteiger partial charge in [0.2, 0.25) is 0 Å². The van der Waals surface area contributed by atoms with Gasteiger partial charge in [-0.25, -0.2) is 4.79 Å². The normalized spacial score (nSPS) is 15.9. The van der Waals surface area contributed by atoms with Crippen LogP contribution in [0.1, 0.15) is 77.6 Å². The van der Waals surface area contributed by atoms with Crippen molar-refractivity contribution < 1.29 is 19.4 Å². The number of aliphatic carboxylic acids is 1. The van der Waals surface area contributed by atoms with Crippen LogP contribution in [0.25, 0.3) is 0 Å². The van der Waals surface area contributed by atoms with Crippen molar-refractivity contribution in [1.29, 1.82) is 0 Å². The number of rotatable bonds is 14. The Morgan fingerprint density at radius 1 is 1.08 bits per heavy atom. The van der Waals surface area contributed by atoms with E-state index < -0.39 is 12.1 Å². The van der Waals surface area contributed by atoms with Gasteiger partial charge in [-0.15, -0.1) is 0 Å². The SMILES string of the molecule is CCCCCCCCC(CCC(=O)O)OC(=O)NCCN1CCCC1.